The van der Waals surface area contributed by atoms with Gasteiger partial charge >= 0.3 is 0 Å². The van der Waals surface area contributed by atoms with Gasteiger partial charge in [-0.05, 0) is 208 Å². The monoisotopic (exact) mass is 2000 g/mol. The van der Waals surface area contributed by atoms with Crippen molar-refractivity contribution in [1.29, 1.82) is 0 Å². The van der Waals surface area contributed by atoms with Gasteiger partial charge in [0.2, 0.25) is 40.1 Å². The molecule has 0 bridgehead atoms. The Kier molecular flexibility index (Phi) is 36.3. The van der Waals surface area contributed by atoms with Gasteiger partial charge < -0.3 is 69.3 Å². The summed E-state index contributed by atoms with van der Waals surface area (Å²) in [6, 6.07) is 82.5. The number of phenolic OH excluding ortho intramolecular Hbond substituents is 1. The van der Waals surface area contributed by atoms with E-state index in [9.17, 15) is 64.0 Å². The van der Waals surface area contributed by atoms with E-state index in [4.69, 9.17) is 34.4 Å². The van der Waals surface area contributed by atoms with Gasteiger partial charge in [-0.1, -0.05) is 115 Å². The highest BCUT2D eigenvalue weighted by atomic mass is 32.2. The minimum atomic E-state index is -4.18. The van der Waals surface area contributed by atoms with E-state index in [0.717, 1.165) is 55.1 Å². The lowest BCUT2D eigenvalue weighted by molar-refractivity contribution is 0.312. The highest BCUT2D eigenvalue weighted by Gasteiger charge is 2.31. The van der Waals surface area contributed by atoms with Crippen LogP contribution in [0.2, 0.25) is 0 Å². The van der Waals surface area contributed by atoms with Crippen LogP contribution in [-0.2, 0) is 70.2 Å². The largest absolute Gasteiger partial charge is 0.507 e. The number of likely N-dealkylation sites (N-methyl/N-ethyl adjacent to an activating group) is 1. The van der Waals surface area contributed by atoms with Crippen molar-refractivity contribution in [1.82, 2.24) is 18.2 Å². The van der Waals surface area contributed by atoms with E-state index in [1.165, 1.54) is 115 Å². The molecule has 0 saturated carbocycles. The number of hydrogen-bond acceptors (Lipinski definition) is 27. The van der Waals surface area contributed by atoms with E-state index < -0.39 is 70.2 Å². The van der Waals surface area contributed by atoms with Crippen molar-refractivity contribution in [3.05, 3.63) is 309 Å². The van der Waals surface area contributed by atoms with Crippen LogP contribution in [0, 0.1) is 6.92 Å². The van der Waals surface area contributed by atoms with E-state index in [2.05, 4.69) is 47.6 Å². The molecule has 0 radical (unpaired) electrons. The summed E-state index contributed by atoms with van der Waals surface area (Å²) < 4.78 is 189. The molecule has 41 heteroatoms. The van der Waals surface area contributed by atoms with E-state index in [-0.39, 0.29) is 58.7 Å². The molecule has 137 heavy (non-hydrogen) atoms. The average Bonchev–Trinajstić information content (AvgIpc) is 0.838. The number of nitrogens with two attached hydrogens (primary N) is 6. The Morgan fingerprint density at radius 2 is 0.803 bits per heavy atom. The van der Waals surface area contributed by atoms with Gasteiger partial charge in [0.15, 0.2) is 0 Å². The summed E-state index contributed by atoms with van der Waals surface area (Å²) in [5.74, 6) is 0.0111. The number of phenols is 1. The van der Waals surface area contributed by atoms with E-state index in [1.807, 2.05) is 128 Å². The molecular weight excluding hydrogens is 1880 g/mol. The molecule has 13 aromatic rings. The normalized spacial score (nSPS) is 12.4. The lowest BCUT2D eigenvalue weighted by atomic mass is 10.1. The first kappa shape index (κ1) is 107. The van der Waals surface area contributed by atoms with Crippen LogP contribution in [0.15, 0.2) is 333 Å². The Bertz CT molecular complexity index is 7230. The van der Waals surface area contributed by atoms with Gasteiger partial charge in [-0.25, -0.2) is 72.3 Å². The highest BCUT2D eigenvalue weighted by Crippen LogP contribution is 2.40. The van der Waals surface area contributed by atoms with Crippen molar-refractivity contribution in [2.75, 3.05) is 187 Å². The molecule has 0 spiro atoms. The van der Waals surface area contributed by atoms with Crippen LogP contribution in [0.25, 0.3) is 10.8 Å². The topological polar surface area (TPSA) is 501 Å². The number of anilines is 18. The molecule has 14 rings (SSSR count). The fourth-order valence-electron chi connectivity index (χ4n) is 13.7. The lowest BCUT2D eigenvalue weighted by Gasteiger charge is -2.35. The number of para-hydroxylation sites is 4. The molecule has 0 aromatic heterocycles. The van der Waals surface area contributed by atoms with Crippen molar-refractivity contribution in [3.63, 3.8) is 0 Å². The zero-order valence-corrected chi connectivity index (χ0v) is 83.5. The first-order valence-corrected chi connectivity index (χ1v) is 52.9. The number of rotatable bonds is 28. The number of aromatic hydroxyl groups is 1. The molecular formula is C96H117N19O15S7. The molecule has 1 saturated heterocycles. The molecule has 0 atom stereocenters. The second-order valence-electron chi connectivity index (χ2n) is 31.7. The third kappa shape index (κ3) is 28.6. The van der Waals surface area contributed by atoms with Crippen LogP contribution in [-0.4, -0.2) is 186 Å². The maximum absolute atomic E-state index is 12.9. The van der Waals surface area contributed by atoms with Crippen LogP contribution in [0.5, 0.6) is 5.75 Å². The molecule has 0 unspecified atom stereocenters. The molecule has 1 aliphatic rings. The first-order valence-electron chi connectivity index (χ1n) is 42.2. The predicted molar refractivity (Wildman–Crippen MR) is 559 cm³/mol. The van der Waals surface area contributed by atoms with Crippen LogP contribution in [0.3, 0.4) is 0 Å². The van der Waals surface area contributed by atoms with Crippen LogP contribution >= 0.6 is 0 Å². The summed E-state index contributed by atoms with van der Waals surface area (Å²) in [5, 5.41) is 14.0. The molecule has 1 heterocycles. The predicted octanol–water partition coefficient (Wildman–Crippen LogP) is 14.0. The number of nitrogen functional groups attached to an aromatic ring is 6. The zero-order valence-electron chi connectivity index (χ0n) is 77.8. The Morgan fingerprint density at radius 1 is 0.387 bits per heavy atom. The summed E-state index contributed by atoms with van der Waals surface area (Å²) in [5.41, 5.74) is 44.8. The molecule has 18 N–H and O–H groups in total. The van der Waals surface area contributed by atoms with Crippen molar-refractivity contribution in [2.45, 2.75) is 43.2 Å². The molecule has 34 nitrogen and oxygen atoms in total. The maximum atomic E-state index is 12.9. The van der Waals surface area contributed by atoms with E-state index in [0.29, 0.717) is 85.6 Å². The minimum absolute atomic E-state index is 0.0111. The van der Waals surface area contributed by atoms with Crippen LogP contribution < -0.4 is 82.5 Å². The second-order valence-corrected chi connectivity index (χ2v) is 44.7. The minimum Gasteiger partial charge on any atom is -0.507 e. The van der Waals surface area contributed by atoms with Gasteiger partial charge in [-0.2, -0.15) is 0 Å². The van der Waals surface area contributed by atoms with E-state index >= 15 is 0 Å². The Morgan fingerprint density at radius 3 is 1.31 bits per heavy atom. The molecule has 0 amide bonds. The highest BCUT2D eigenvalue weighted by molar-refractivity contribution is 7.94. The van der Waals surface area contributed by atoms with Gasteiger partial charge in [-0.15, -0.1) is 6.58 Å². The van der Waals surface area contributed by atoms with Gasteiger partial charge in [0.1, 0.15) is 35.1 Å². The number of sulfonamides is 7. The number of benzene rings is 13. The molecule has 0 aliphatic carbocycles. The summed E-state index contributed by atoms with van der Waals surface area (Å²) in [6.07, 6.45) is 2.43. The van der Waals surface area contributed by atoms with Crippen molar-refractivity contribution in [2.24, 2.45) is 0 Å². The number of nitrogens with zero attached hydrogens (tertiary/aromatic N) is 8. The maximum Gasteiger partial charge on any atom is 0.266 e. The van der Waals surface area contributed by atoms with Crippen molar-refractivity contribution >= 4 is 183 Å². The molecule has 1 fully saturated rings. The summed E-state index contributed by atoms with van der Waals surface area (Å²) >= 11 is 0. The first-order chi connectivity index (χ1) is 64.5. The summed E-state index contributed by atoms with van der Waals surface area (Å²) in [6.45, 7) is 11.7. The standard InChI is InChI=1S/C18H17N3O2S.C17H17N3O5S2.2C16H21N3O2S.C15H19N3O2S.C14H22N4O2S/c19-14-11-12-17(20-15-7-3-1-4-8-15)18(13-14)24(22,23)21-16-9-5-2-6-10-16;1-26(22,23)19-15-9-8-11(18)10-17(15)27(24,25)20-14-6-2-5-13-12(14)4-3-7-16(13)21;1-12-6-5-7-14(10-12)19(4)15-9-8-13(17)11-16(15)22(20,21)18(2)3;1-4-19(14-8-6-5-7-9-14)15-11-10-13(17)12-16(15)22(20,21)18(2)3;1-17(2)14-10-9-12(16)11-15(14)21(19,20)18(3)13-7-5-4-6-8-13;1-3-6-16-21(19,20)14-11-12(15)4-5-13(14)18-9-7-17(2)8-10-18/h1-13,20-21H,19H2;2-10,19-21H,18H2,1H3;5-11H,17H2,1-4H3;5-12H,4,17H2,1-3H3;4-11H,16H2,1-3H3;3-5,11,16H,1,6-10,15H2,2H3. The number of piperazine rings is 1. The zero-order chi connectivity index (χ0) is 101. The third-order valence-electron chi connectivity index (χ3n) is 20.8. The number of nitrogens with one attached hydrogen (secondary N) is 5. The van der Waals surface area contributed by atoms with Crippen molar-refractivity contribution in [3.8, 4) is 5.75 Å². The molecule has 13 aromatic carbocycles. The van der Waals surface area contributed by atoms with Crippen molar-refractivity contribution < 1.29 is 64.0 Å². The van der Waals surface area contributed by atoms with Gasteiger partial charge in [-0.3, -0.25) is 18.5 Å². The smallest absolute Gasteiger partial charge is 0.266 e. The van der Waals surface area contributed by atoms with Crippen LogP contribution in [0.1, 0.15) is 12.5 Å². The summed E-state index contributed by atoms with van der Waals surface area (Å²) in [7, 11) is -11.0. The van der Waals surface area contributed by atoms with Crippen LogP contribution in [0.4, 0.5) is 102 Å². The van der Waals surface area contributed by atoms with E-state index in [1.54, 1.807) is 152 Å². The lowest BCUT2D eigenvalue weighted by Crippen LogP contribution is -2.45. The average molecular weight is 2000 g/mol. The quantitative estimate of drug-likeness (QED) is 0.0160. The van der Waals surface area contributed by atoms with Gasteiger partial charge in [0.05, 0.1) is 51.8 Å². The number of aryl methyl sites for hydroxylation is 1. The Labute approximate surface area is 804 Å². The molecule has 728 valence electrons. The third-order valence-corrected chi connectivity index (χ3v) is 31.2. The summed E-state index contributed by atoms with van der Waals surface area (Å²) in [4.78, 5) is 10.5. The Hall–Kier alpha value is -13.9. The Balaban J connectivity index is 0.000000185. The second kappa shape index (κ2) is 46.6. The fourth-order valence-corrected chi connectivity index (χ4v) is 21.9. The fraction of sp³-hybridized carbons (Fsp3) is 0.188. The number of hydrogen-bond donors (Lipinski definition) is 12. The van der Waals surface area contributed by atoms with Gasteiger partial charge in [0.25, 0.3) is 30.1 Å². The SMILES string of the molecule is C=CCNS(=O)(=O)c1cc(N)ccc1N1CCN(C)CC1.CCN(c1ccccc1)c1ccc(N)cc1S(=O)(=O)N(C)C.CN(C)c1ccc(N)cc1S(=O)(=O)N(C)c1ccccc1.CS(=O)(=O)Nc1ccc(N)cc1S(=O)(=O)Nc1cccc2c(O)cccc12.Cc1cccc(N(C)c2ccc(N)cc2S(=O)(=O)N(C)C)c1.Nc1ccc(Nc2ccccc2)c(S(=O)(=O)Nc2ccccc2)c1. The molecule has 1 aliphatic heterocycles. The van der Waals surface area contributed by atoms with Gasteiger partial charge in [0, 0.05) is 163 Å². The number of fused-ring (bicyclic) bond motifs is 1.